The van der Waals surface area contributed by atoms with E-state index >= 15 is 0 Å². The minimum Gasteiger partial charge on any atom is -0.496 e. The highest BCUT2D eigenvalue weighted by Gasteiger charge is 2.37. The van der Waals surface area contributed by atoms with E-state index in [-0.39, 0.29) is 28.1 Å². The number of alkyl halides is 6. The molecule has 2 aromatic carbocycles. The molecule has 0 aliphatic rings. The zero-order valence-corrected chi connectivity index (χ0v) is 16.0. The maximum absolute atomic E-state index is 13.0. The predicted octanol–water partition coefficient (Wildman–Crippen LogP) is 5.60. The fourth-order valence-electron chi connectivity index (χ4n) is 2.41. The van der Waals surface area contributed by atoms with Crippen LogP contribution in [0.2, 0.25) is 5.02 Å². The van der Waals surface area contributed by atoms with Crippen molar-refractivity contribution in [3.05, 3.63) is 52.0 Å². The Hall–Kier alpha value is -2.95. The van der Waals surface area contributed by atoms with Crippen LogP contribution in [0.1, 0.15) is 28.4 Å². The largest absolute Gasteiger partial charge is 0.496 e. The summed E-state index contributed by atoms with van der Waals surface area (Å²) in [5.74, 6) is -1.67. The van der Waals surface area contributed by atoms with Gasteiger partial charge in [-0.25, -0.2) is 0 Å². The number of anilines is 2. The number of hydrogen-bond donors (Lipinski definition) is 2. The molecule has 0 radical (unpaired) electrons. The summed E-state index contributed by atoms with van der Waals surface area (Å²) in [6.07, 6.45) is -10.1. The molecule has 5 nitrogen and oxygen atoms in total. The van der Waals surface area contributed by atoms with Gasteiger partial charge in [-0.1, -0.05) is 11.6 Å². The van der Waals surface area contributed by atoms with E-state index in [1.165, 1.54) is 20.1 Å². The van der Waals surface area contributed by atoms with Gasteiger partial charge in [0.1, 0.15) is 5.75 Å². The van der Waals surface area contributed by atoms with E-state index < -0.39 is 41.0 Å². The van der Waals surface area contributed by atoms with E-state index in [2.05, 4.69) is 5.32 Å². The van der Waals surface area contributed by atoms with Crippen molar-refractivity contribution in [1.82, 2.24) is 0 Å². The molecule has 0 unspecified atom stereocenters. The summed E-state index contributed by atoms with van der Waals surface area (Å²) in [7, 11) is 1.17. The van der Waals surface area contributed by atoms with Gasteiger partial charge in [-0.05, 0) is 24.3 Å². The van der Waals surface area contributed by atoms with Crippen molar-refractivity contribution in [1.29, 1.82) is 0 Å². The van der Waals surface area contributed by atoms with Crippen molar-refractivity contribution in [3.8, 4) is 5.75 Å². The van der Waals surface area contributed by atoms with Crippen LogP contribution in [0.15, 0.2) is 30.3 Å². The van der Waals surface area contributed by atoms with Gasteiger partial charge in [0.15, 0.2) is 0 Å². The third-order valence-corrected chi connectivity index (χ3v) is 4.00. The summed E-state index contributed by atoms with van der Waals surface area (Å²) in [6, 6.07) is 2.92. The predicted molar refractivity (Wildman–Crippen MR) is 96.7 cm³/mol. The Morgan fingerprint density at radius 1 is 0.900 bits per heavy atom. The molecular weight excluding hydrogens is 442 g/mol. The highest BCUT2D eigenvalue weighted by molar-refractivity contribution is 6.34. The fraction of sp³-hybridized carbons (Fsp3) is 0.222. The molecule has 2 rings (SSSR count). The average Bonchev–Trinajstić information content (AvgIpc) is 2.60. The highest BCUT2D eigenvalue weighted by atomic mass is 35.5. The second-order valence-electron chi connectivity index (χ2n) is 5.96. The maximum atomic E-state index is 13.0. The molecule has 0 bridgehead atoms. The Labute approximate surface area is 171 Å². The minimum atomic E-state index is -5.07. The van der Waals surface area contributed by atoms with Gasteiger partial charge in [0.05, 0.1) is 34.5 Å². The van der Waals surface area contributed by atoms with Gasteiger partial charge < -0.3 is 15.4 Å². The second-order valence-corrected chi connectivity index (χ2v) is 6.37. The molecule has 0 fully saturated rings. The zero-order valence-electron chi connectivity index (χ0n) is 15.3. The first-order chi connectivity index (χ1) is 13.7. The molecule has 0 aliphatic carbocycles. The third kappa shape index (κ3) is 5.56. The number of rotatable bonds is 4. The monoisotopic (exact) mass is 454 g/mol. The molecule has 0 atom stereocenters. The van der Waals surface area contributed by atoms with Crippen LogP contribution in [0, 0.1) is 0 Å². The summed E-state index contributed by atoms with van der Waals surface area (Å²) in [6.45, 7) is 1.20. The molecule has 0 aromatic heterocycles. The van der Waals surface area contributed by atoms with Crippen LogP contribution in [-0.2, 0) is 17.1 Å². The Balaban J connectivity index is 2.47. The number of halogens is 7. The Morgan fingerprint density at radius 3 is 1.87 bits per heavy atom. The number of amides is 2. The molecule has 30 heavy (non-hydrogen) atoms. The van der Waals surface area contributed by atoms with Crippen LogP contribution < -0.4 is 15.4 Å². The summed E-state index contributed by atoms with van der Waals surface area (Å²) >= 11 is 5.97. The number of ether oxygens (including phenoxy) is 1. The van der Waals surface area contributed by atoms with Gasteiger partial charge >= 0.3 is 12.4 Å². The maximum Gasteiger partial charge on any atom is 0.416 e. The molecule has 12 heteroatoms. The van der Waals surface area contributed by atoms with Gasteiger partial charge in [-0.3, -0.25) is 9.59 Å². The molecule has 0 saturated heterocycles. The normalized spacial score (nSPS) is 11.8. The summed E-state index contributed by atoms with van der Waals surface area (Å²) < 4.78 is 82.8. The van der Waals surface area contributed by atoms with E-state index in [4.69, 9.17) is 16.3 Å². The number of hydrogen-bond acceptors (Lipinski definition) is 3. The summed E-state index contributed by atoms with van der Waals surface area (Å²) in [5, 5.41) is 4.26. The van der Waals surface area contributed by atoms with Gasteiger partial charge in [-0.15, -0.1) is 0 Å². The van der Waals surface area contributed by atoms with E-state index in [9.17, 15) is 35.9 Å². The molecule has 0 saturated carbocycles. The van der Waals surface area contributed by atoms with Crippen LogP contribution in [0.4, 0.5) is 37.7 Å². The van der Waals surface area contributed by atoms with Gasteiger partial charge in [0.25, 0.3) is 5.91 Å². The average molecular weight is 455 g/mol. The first-order valence-electron chi connectivity index (χ1n) is 7.98. The van der Waals surface area contributed by atoms with Crippen molar-refractivity contribution < 1.29 is 40.7 Å². The Morgan fingerprint density at radius 2 is 1.43 bits per heavy atom. The number of benzene rings is 2. The highest BCUT2D eigenvalue weighted by Crippen LogP contribution is 2.38. The molecular formula is C18H13ClF6N2O3. The fourth-order valence-corrected chi connectivity index (χ4v) is 2.62. The lowest BCUT2D eigenvalue weighted by Crippen LogP contribution is -2.17. The molecule has 162 valence electrons. The van der Waals surface area contributed by atoms with E-state index in [0.29, 0.717) is 12.1 Å². The molecule has 0 spiro atoms. The van der Waals surface area contributed by atoms with Crippen molar-refractivity contribution in [2.75, 3.05) is 17.7 Å². The van der Waals surface area contributed by atoms with Crippen LogP contribution in [0.25, 0.3) is 0 Å². The summed E-state index contributed by atoms with van der Waals surface area (Å²) in [4.78, 5) is 23.7. The van der Waals surface area contributed by atoms with E-state index in [1.54, 1.807) is 0 Å². The topological polar surface area (TPSA) is 67.4 Å². The van der Waals surface area contributed by atoms with Crippen LogP contribution in [-0.4, -0.2) is 18.9 Å². The Kier molecular flexibility index (Phi) is 6.55. The smallest absolute Gasteiger partial charge is 0.416 e. The Bertz CT molecular complexity index is 957. The SMILES string of the molecule is COc1cc(NC(C)=O)c(Cl)cc1C(=O)Nc1cc(C(F)(F)F)cc(C(F)(F)F)c1. The van der Waals surface area contributed by atoms with Crippen molar-refractivity contribution in [3.63, 3.8) is 0 Å². The second kappa shape index (κ2) is 8.42. The van der Waals surface area contributed by atoms with Crippen LogP contribution in [0.3, 0.4) is 0 Å². The van der Waals surface area contributed by atoms with Gasteiger partial charge in [0, 0.05) is 18.7 Å². The van der Waals surface area contributed by atoms with Crippen molar-refractivity contribution in [2.24, 2.45) is 0 Å². The first-order valence-corrected chi connectivity index (χ1v) is 8.36. The molecule has 2 aromatic rings. The first kappa shape index (κ1) is 23.3. The quantitative estimate of drug-likeness (QED) is 0.591. The lowest BCUT2D eigenvalue weighted by molar-refractivity contribution is -0.143. The van der Waals surface area contributed by atoms with Gasteiger partial charge in [0.2, 0.25) is 5.91 Å². The number of nitrogens with one attached hydrogen (secondary N) is 2. The van der Waals surface area contributed by atoms with Crippen LogP contribution in [0.5, 0.6) is 5.75 Å². The lowest BCUT2D eigenvalue weighted by atomic mass is 10.1. The van der Waals surface area contributed by atoms with Crippen molar-refractivity contribution in [2.45, 2.75) is 19.3 Å². The van der Waals surface area contributed by atoms with E-state index in [0.717, 1.165) is 6.07 Å². The lowest BCUT2D eigenvalue weighted by Gasteiger charge is -2.16. The number of carbonyl (C=O) groups excluding carboxylic acids is 2. The van der Waals surface area contributed by atoms with Gasteiger partial charge in [-0.2, -0.15) is 26.3 Å². The molecule has 0 heterocycles. The van der Waals surface area contributed by atoms with Crippen molar-refractivity contribution >= 4 is 34.8 Å². The number of methoxy groups -OCH3 is 1. The minimum absolute atomic E-state index is 0.0602. The van der Waals surface area contributed by atoms with E-state index in [1.807, 2.05) is 5.32 Å². The number of carbonyl (C=O) groups is 2. The zero-order chi connectivity index (χ0) is 22.9. The summed E-state index contributed by atoms with van der Waals surface area (Å²) in [5.41, 5.74) is -4.08. The molecule has 0 aliphatic heterocycles. The third-order valence-electron chi connectivity index (χ3n) is 3.69. The van der Waals surface area contributed by atoms with Crippen LogP contribution >= 0.6 is 11.6 Å². The molecule has 2 amide bonds. The standard InChI is InChI=1S/C18H13ClF6N2O3/c1-8(28)26-14-7-15(30-2)12(6-13(14)19)16(29)27-11-4-9(17(20,21)22)3-10(5-11)18(23,24)25/h3-7H,1-2H3,(H,26,28)(H,27,29). The molecule has 2 N–H and O–H groups in total.